The Labute approximate surface area is 178 Å². The number of phenolic OH excluding ortho intramolecular Hbond substituents is 1. The minimum absolute atomic E-state index is 0.0508. The Morgan fingerprint density at radius 3 is 2.26 bits per heavy atom. The third kappa shape index (κ3) is 4.30. The first-order chi connectivity index (χ1) is 15.0. The van der Waals surface area contributed by atoms with E-state index >= 15 is 0 Å². The summed E-state index contributed by atoms with van der Waals surface area (Å²) in [6.45, 7) is 0. The van der Waals surface area contributed by atoms with Crippen molar-refractivity contribution in [3.63, 3.8) is 0 Å². The van der Waals surface area contributed by atoms with Gasteiger partial charge in [0, 0.05) is 16.5 Å². The fraction of sp³-hybridized carbons (Fsp3) is 0.0417. The molecule has 0 spiro atoms. The second-order valence-electron chi connectivity index (χ2n) is 6.76. The van der Waals surface area contributed by atoms with Gasteiger partial charge in [0.15, 0.2) is 0 Å². The van der Waals surface area contributed by atoms with Crippen molar-refractivity contribution >= 4 is 22.7 Å². The number of rotatable bonds is 4. The molecule has 7 nitrogen and oxygen atoms in total. The Morgan fingerprint density at radius 2 is 1.55 bits per heavy atom. The maximum Gasteiger partial charge on any atom is 0.270 e. The molecule has 0 aliphatic heterocycles. The minimum Gasteiger partial charge on any atom is -0.508 e. The van der Waals surface area contributed by atoms with Gasteiger partial charge in [0.25, 0.3) is 11.8 Å². The van der Waals surface area contributed by atoms with Crippen molar-refractivity contribution in [1.82, 2.24) is 15.8 Å². The molecule has 0 bridgehead atoms. The number of phenols is 1. The Kier molecular flexibility index (Phi) is 5.49. The highest BCUT2D eigenvalue weighted by molar-refractivity contribution is 6.08. The van der Waals surface area contributed by atoms with Gasteiger partial charge < -0.3 is 9.84 Å². The van der Waals surface area contributed by atoms with Gasteiger partial charge in [0.2, 0.25) is 0 Å². The standard InChI is InChI=1S/C24H19N3O4/c1-31-18-12-8-15(9-13-18)22-14-20(19-4-2-3-5-21(19)25-22)24(30)27-26-23(29)16-6-10-17(28)11-7-16/h2-14,28H,1H3,(H,26,29)(H,27,30). The monoisotopic (exact) mass is 413 g/mol. The molecule has 7 heteroatoms. The third-order valence-electron chi connectivity index (χ3n) is 4.77. The van der Waals surface area contributed by atoms with E-state index < -0.39 is 11.8 Å². The Bertz CT molecular complexity index is 1250. The van der Waals surface area contributed by atoms with E-state index in [1.165, 1.54) is 24.3 Å². The Morgan fingerprint density at radius 1 is 0.871 bits per heavy atom. The molecule has 0 aliphatic carbocycles. The quantitative estimate of drug-likeness (QED) is 0.443. The first-order valence-electron chi connectivity index (χ1n) is 9.49. The van der Waals surface area contributed by atoms with Crippen LogP contribution in [0.1, 0.15) is 20.7 Å². The number of pyridine rings is 1. The summed E-state index contributed by atoms with van der Waals surface area (Å²) in [6.07, 6.45) is 0. The van der Waals surface area contributed by atoms with Crippen molar-refractivity contribution in [1.29, 1.82) is 0 Å². The molecule has 1 heterocycles. The zero-order valence-electron chi connectivity index (χ0n) is 16.6. The number of nitrogens with one attached hydrogen (secondary N) is 2. The summed E-state index contributed by atoms with van der Waals surface area (Å²) in [4.78, 5) is 29.9. The van der Waals surface area contributed by atoms with Crippen LogP contribution in [0.2, 0.25) is 0 Å². The second kappa shape index (κ2) is 8.54. The molecule has 0 radical (unpaired) electrons. The summed E-state index contributed by atoms with van der Waals surface area (Å²) < 4.78 is 5.20. The Balaban J connectivity index is 1.62. The van der Waals surface area contributed by atoms with Gasteiger partial charge in [-0.3, -0.25) is 20.4 Å². The van der Waals surface area contributed by atoms with Crippen LogP contribution in [0.3, 0.4) is 0 Å². The fourth-order valence-corrected chi connectivity index (χ4v) is 3.14. The molecule has 154 valence electrons. The van der Waals surface area contributed by atoms with Crippen LogP contribution in [0.4, 0.5) is 0 Å². The number of aromatic nitrogens is 1. The van der Waals surface area contributed by atoms with Gasteiger partial charge in [-0.05, 0) is 60.7 Å². The lowest BCUT2D eigenvalue weighted by atomic mass is 10.0. The second-order valence-corrected chi connectivity index (χ2v) is 6.76. The molecule has 0 aliphatic rings. The van der Waals surface area contributed by atoms with Gasteiger partial charge in [0.05, 0.1) is 23.9 Å². The van der Waals surface area contributed by atoms with Gasteiger partial charge in [-0.15, -0.1) is 0 Å². The summed E-state index contributed by atoms with van der Waals surface area (Å²) in [5, 5.41) is 10.0. The number of methoxy groups -OCH3 is 1. The number of para-hydroxylation sites is 1. The zero-order chi connectivity index (χ0) is 21.8. The predicted molar refractivity (Wildman–Crippen MR) is 117 cm³/mol. The minimum atomic E-state index is -0.498. The van der Waals surface area contributed by atoms with Crippen LogP contribution in [-0.4, -0.2) is 29.0 Å². The van der Waals surface area contributed by atoms with Crippen LogP contribution >= 0.6 is 0 Å². The number of fused-ring (bicyclic) bond motifs is 1. The molecule has 0 saturated heterocycles. The molecule has 1 aromatic heterocycles. The molecule has 4 rings (SSSR count). The molecular formula is C24H19N3O4. The molecule has 0 unspecified atom stereocenters. The number of hydrogen-bond donors (Lipinski definition) is 3. The zero-order valence-corrected chi connectivity index (χ0v) is 16.6. The molecule has 31 heavy (non-hydrogen) atoms. The number of carbonyl (C=O) groups excluding carboxylic acids is 2. The maximum atomic E-state index is 12.9. The number of ether oxygens (including phenoxy) is 1. The highest BCUT2D eigenvalue weighted by Crippen LogP contribution is 2.26. The van der Waals surface area contributed by atoms with E-state index in [0.29, 0.717) is 27.7 Å². The van der Waals surface area contributed by atoms with Gasteiger partial charge in [-0.2, -0.15) is 0 Å². The average Bonchev–Trinajstić information content (AvgIpc) is 2.82. The highest BCUT2D eigenvalue weighted by Gasteiger charge is 2.15. The first kappa shape index (κ1) is 19.9. The van der Waals surface area contributed by atoms with Crippen molar-refractivity contribution < 1.29 is 19.4 Å². The van der Waals surface area contributed by atoms with Gasteiger partial charge in [-0.1, -0.05) is 18.2 Å². The van der Waals surface area contributed by atoms with Crippen LogP contribution in [0, 0.1) is 0 Å². The largest absolute Gasteiger partial charge is 0.508 e. The number of carbonyl (C=O) groups is 2. The van der Waals surface area contributed by atoms with E-state index in [0.717, 1.165) is 11.3 Å². The smallest absolute Gasteiger partial charge is 0.270 e. The molecule has 3 N–H and O–H groups in total. The third-order valence-corrected chi connectivity index (χ3v) is 4.77. The number of nitrogens with zero attached hydrogens (tertiary/aromatic N) is 1. The van der Waals surface area contributed by atoms with E-state index in [2.05, 4.69) is 15.8 Å². The summed E-state index contributed by atoms with van der Waals surface area (Å²) in [5.41, 5.74) is 7.64. The van der Waals surface area contributed by atoms with Crippen LogP contribution in [0.5, 0.6) is 11.5 Å². The fourth-order valence-electron chi connectivity index (χ4n) is 3.14. The highest BCUT2D eigenvalue weighted by atomic mass is 16.5. The van der Waals surface area contributed by atoms with Crippen LogP contribution in [0.25, 0.3) is 22.2 Å². The van der Waals surface area contributed by atoms with E-state index in [1.54, 1.807) is 19.2 Å². The van der Waals surface area contributed by atoms with E-state index in [4.69, 9.17) is 4.74 Å². The van der Waals surface area contributed by atoms with Gasteiger partial charge in [0.1, 0.15) is 11.5 Å². The summed E-state index contributed by atoms with van der Waals surface area (Å²) >= 11 is 0. The molecule has 4 aromatic rings. The van der Waals surface area contributed by atoms with Crippen molar-refractivity contribution in [2.24, 2.45) is 0 Å². The molecule has 0 saturated carbocycles. The lowest BCUT2D eigenvalue weighted by Crippen LogP contribution is -2.41. The van der Waals surface area contributed by atoms with E-state index in [1.807, 2.05) is 42.5 Å². The molecule has 2 amide bonds. The SMILES string of the molecule is COc1ccc(-c2cc(C(=O)NNC(=O)c3ccc(O)cc3)c3ccccc3n2)cc1. The summed E-state index contributed by atoms with van der Waals surface area (Å²) in [5.74, 6) is -0.197. The topological polar surface area (TPSA) is 101 Å². The lowest BCUT2D eigenvalue weighted by Gasteiger charge is -2.12. The summed E-state index contributed by atoms with van der Waals surface area (Å²) in [6, 6.07) is 22.1. The molecule has 3 aromatic carbocycles. The average molecular weight is 413 g/mol. The van der Waals surface area contributed by atoms with Crippen molar-refractivity contribution in [2.75, 3.05) is 7.11 Å². The van der Waals surface area contributed by atoms with E-state index in [-0.39, 0.29) is 5.75 Å². The van der Waals surface area contributed by atoms with Gasteiger partial charge >= 0.3 is 0 Å². The maximum absolute atomic E-state index is 12.9. The number of amides is 2. The normalized spacial score (nSPS) is 10.5. The number of benzene rings is 3. The van der Waals surface area contributed by atoms with Crippen molar-refractivity contribution in [3.8, 4) is 22.8 Å². The number of aromatic hydroxyl groups is 1. The van der Waals surface area contributed by atoms with Crippen molar-refractivity contribution in [3.05, 3.63) is 90.0 Å². The van der Waals surface area contributed by atoms with Gasteiger partial charge in [-0.25, -0.2) is 4.98 Å². The molecule has 0 fully saturated rings. The number of hydrogen-bond acceptors (Lipinski definition) is 5. The lowest BCUT2D eigenvalue weighted by molar-refractivity contribution is 0.0847. The number of hydrazine groups is 1. The van der Waals surface area contributed by atoms with Crippen molar-refractivity contribution in [2.45, 2.75) is 0 Å². The summed E-state index contributed by atoms with van der Waals surface area (Å²) in [7, 11) is 1.60. The molecule has 0 atom stereocenters. The Hall–Kier alpha value is -4.39. The van der Waals surface area contributed by atoms with E-state index in [9.17, 15) is 14.7 Å². The van der Waals surface area contributed by atoms with Crippen LogP contribution in [0.15, 0.2) is 78.9 Å². The molecular weight excluding hydrogens is 394 g/mol. The van der Waals surface area contributed by atoms with Crippen LogP contribution < -0.4 is 15.6 Å². The first-order valence-corrected chi connectivity index (χ1v) is 9.49. The van der Waals surface area contributed by atoms with Crippen LogP contribution in [-0.2, 0) is 0 Å². The predicted octanol–water partition coefficient (Wildman–Crippen LogP) is 3.69.